The third kappa shape index (κ3) is 1.66. The van der Waals surface area contributed by atoms with Gasteiger partial charge in [0.1, 0.15) is 11.5 Å². The molecule has 4 nitrogen and oxygen atoms in total. The zero-order valence-corrected chi connectivity index (χ0v) is 10.5. The number of nitrogens with zero attached hydrogens (tertiary/aromatic N) is 1. The first-order valence-electron chi connectivity index (χ1n) is 5.66. The molecule has 1 fully saturated rings. The van der Waals surface area contributed by atoms with Crippen LogP contribution in [0.5, 0.6) is 0 Å². The minimum Gasteiger partial charge on any atom is -0.296 e. The van der Waals surface area contributed by atoms with Crippen LogP contribution in [-0.2, 0) is 14.4 Å². The SMILES string of the molecule is CCC(=O)N1C(=O)C(C)(C)C(=O)[C@@H]1C(C)C. The number of rotatable bonds is 2. The highest BCUT2D eigenvalue weighted by molar-refractivity contribution is 6.19. The van der Waals surface area contributed by atoms with Gasteiger partial charge >= 0.3 is 0 Å². The van der Waals surface area contributed by atoms with Gasteiger partial charge in [0.05, 0.1) is 0 Å². The molecule has 0 spiro atoms. The number of likely N-dealkylation sites (tertiary alicyclic amines) is 1. The lowest BCUT2D eigenvalue weighted by atomic mass is 9.85. The molecule has 1 aliphatic rings. The van der Waals surface area contributed by atoms with E-state index in [1.54, 1.807) is 20.8 Å². The van der Waals surface area contributed by atoms with E-state index in [1.165, 1.54) is 0 Å². The second kappa shape index (κ2) is 4.00. The minimum atomic E-state index is -1.06. The highest BCUT2D eigenvalue weighted by atomic mass is 16.2. The van der Waals surface area contributed by atoms with Gasteiger partial charge in [-0.25, -0.2) is 0 Å². The van der Waals surface area contributed by atoms with E-state index in [-0.39, 0.29) is 29.9 Å². The highest BCUT2D eigenvalue weighted by Gasteiger charge is 2.55. The Morgan fingerprint density at radius 2 is 1.88 bits per heavy atom. The van der Waals surface area contributed by atoms with Crippen molar-refractivity contribution in [1.29, 1.82) is 0 Å². The van der Waals surface area contributed by atoms with Gasteiger partial charge in [-0.2, -0.15) is 0 Å². The van der Waals surface area contributed by atoms with Gasteiger partial charge in [-0.1, -0.05) is 20.8 Å². The van der Waals surface area contributed by atoms with Gasteiger partial charge in [0, 0.05) is 6.42 Å². The van der Waals surface area contributed by atoms with E-state index < -0.39 is 11.5 Å². The zero-order valence-electron chi connectivity index (χ0n) is 10.5. The molecule has 0 aromatic carbocycles. The molecule has 1 saturated heterocycles. The van der Waals surface area contributed by atoms with Crippen molar-refractivity contribution in [2.45, 2.75) is 47.1 Å². The third-order valence-electron chi connectivity index (χ3n) is 3.12. The number of imide groups is 1. The fourth-order valence-electron chi connectivity index (χ4n) is 2.06. The van der Waals surface area contributed by atoms with Crippen LogP contribution in [-0.4, -0.2) is 28.5 Å². The Morgan fingerprint density at radius 3 is 2.25 bits per heavy atom. The molecule has 0 N–H and O–H groups in total. The Hall–Kier alpha value is -1.19. The molecular formula is C12H19NO3. The normalized spacial score (nSPS) is 24.4. The Balaban J connectivity index is 3.20. The summed E-state index contributed by atoms with van der Waals surface area (Å²) in [4.78, 5) is 37.0. The number of hydrogen-bond donors (Lipinski definition) is 0. The lowest BCUT2D eigenvalue weighted by molar-refractivity contribution is -0.147. The van der Waals surface area contributed by atoms with Gasteiger partial charge in [0.15, 0.2) is 5.78 Å². The van der Waals surface area contributed by atoms with Crippen molar-refractivity contribution in [2.75, 3.05) is 0 Å². The lowest BCUT2D eigenvalue weighted by Gasteiger charge is -2.23. The number of Topliss-reactive ketones (excluding diaryl/α,β-unsaturated/α-hetero) is 1. The quantitative estimate of drug-likeness (QED) is 0.667. The van der Waals surface area contributed by atoms with Crippen molar-refractivity contribution in [3.63, 3.8) is 0 Å². The van der Waals surface area contributed by atoms with E-state index in [0.717, 1.165) is 4.90 Å². The van der Waals surface area contributed by atoms with E-state index in [9.17, 15) is 14.4 Å². The van der Waals surface area contributed by atoms with Crippen LogP contribution >= 0.6 is 0 Å². The van der Waals surface area contributed by atoms with Gasteiger partial charge < -0.3 is 0 Å². The number of hydrogen-bond acceptors (Lipinski definition) is 3. The molecule has 16 heavy (non-hydrogen) atoms. The van der Waals surface area contributed by atoms with Crippen molar-refractivity contribution in [1.82, 2.24) is 4.90 Å². The zero-order chi connectivity index (χ0) is 12.7. The highest BCUT2D eigenvalue weighted by Crippen LogP contribution is 2.35. The fourth-order valence-corrected chi connectivity index (χ4v) is 2.06. The maximum atomic E-state index is 12.1. The van der Waals surface area contributed by atoms with Crippen LogP contribution in [0.15, 0.2) is 0 Å². The molecule has 2 amide bonds. The number of carbonyl (C=O) groups excluding carboxylic acids is 3. The summed E-state index contributed by atoms with van der Waals surface area (Å²) in [5.41, 5.74) is -1.06. The third-order valence-corrected chi connectivity index (χ3v) is 3.12. The summed E-state index contributed by atoms with van der Waals surface area (Å²) in [6, 6.07) is -0.588. The molecule has 4 heteroatoms. The van der Waals surface area contributed by atoms with Gasteiger partial charge in [-0.05, 0) is 19.8 Å². The smallest absolute Gasteiger partial charge is 0.243 e. The molecule has 0 aliphatic carbocycles. The van der Waals surface area contributed by atoms with Gasteiger partial charge in [0.25, 0.3) is 0 Å². The molecular weight excluding hydrogens is 206 g/mol. The number of carbonyl (C=O) groups is 3. The van der Waals surface area contributed by atoms with Gasteiger partial charge in [-0.15, -0.1) is 0 Å². The molecule has 1 rings (SSSR count). The predicted octanol–water partition coefficient (Wildman–Crippen LogP) is 1.39. The monoisotopic (exact) mass is 225 g/mol. The molecule has 0 radical (unpaired) electrons. The van der Waals surface area contributed by atoms with Crippen molar-refractivity contribution in [2.24, 2.45) is 11.3 Å². The van der Waals surface area contributed by atoms with Gasteiger partial charge in [0.2, 0.25) is 11.8 Å². The Morgan fingerprint density at radius 1 is 1.38 bits per heavy atom. The van der Waals surface area contributed by atoms with Crippen LogP contribution < -0.4 is 0 Å². The molecule has 0 saturated carbocycles. The molecule has 1 aliphatic heterocycles. The molecule has 0 unspecified atom stereocenters. The molecule has 0 aromatic rings. The lowest BCUT2D eigenvalue weighted by Crippen LogP contribution is -2.43. The largest absolute Gasteiger partial charge is 0.296 e. The predicted molar refractivity (Wildman–Crippen MR) is 59.6 cm³/mol. The first-order chi connectivity index (χ1) is 7.25. The molecule has 90 valence electrons. The van der Waals surface area contributed by atoms with E-state index in [1.807, 2.05) is 13.8 Å². The maximum Gasteiger partial charge on any atom is 0.243 e. The van der Waals surface area contributed by atoms with Crippen LogP contribution in [0.3, 0.4) is 0 Å². The second-order valence-electron chi connectivity index (χ2n) is 5.10. The van der Waals surface area contributed by atoms with E-state index in [2.05, 4.69) is 0 Å². The number of amides is 2. The van der Waals surface area contributed by atoms with Crippen molar-refractivity contribution >= 4 is 17.6 Å². The first-order valence-corrected chi connectivity index (χ1v) is 5.66. The first kappa shape index (κ1) is 12.9. The summed E-state index contributed by atoms with van der Waals surface area (Å²) in [5.74, 6) is -0.797. The summed E-state index contributed by atoms with van der Waals surface area (Å²) in [5, 5.41) is 0. The van der Waals surface area contributed by atoms with Crippen LogP contribution in [0.2, 0.25) is 0 Å². The minimum absolute atomic E-state index is 0.0336. The summed E-state index contributed by atoms with van der Waals surface area (Å²) < 4.78 is 0. The van der Waals surface area contributed by atoms with Crippen molar-refractivity contribution in [3.05, 3.63) is 0 Å². The van der Waals surface area contributed by atoms with E-state index in [4.69, 9.17) is 0 Å². The van der Waals surface area contributed by atoms with Crippen LogP contribution in [0.25, 0.3) is 0 Å². The van der Waals surface area contributed by atoms with E-state index >= 15 is 0 Å². The second-order valence-corrected chi connectivity index (χ2v) is 5.10. The summed E-state index contributed by atoms with van der Waals surface area (Å²) in [6.07, 6.45) is 0.248. The van der Waals surface area contributed by atoms with E-state index in [0.29, 0.717) is 0 Å². The topological polar surface area (TPSA) is 54.5 Å². The maximum absolute atomic E-state index is 12.1. The molecule has 0 bridgehead atoms. The molecule has 0 aromatic heterocycles. The van der Waals surface area contributed by atoms with Crippen molar-refractivity contribution < 1.29 is 14.4 Å². The van der Waals surface area contributed by atoms with Crippen molar-refractivity contribution in [3.8, 4) is 0 Å². The Kier molecular flexibility index (Phi) is 3.22. The fraction of sp³-hybridized carbons (Fsp3) is 0.750. The summed E-state index contributed by atoms with van der Waals surface area (Å²) in [7, 11) is 0. The molecule has 1 heterocycles. The Bertz CT molecular complexity index is 344. The van der Waals surface area contributed by atoms with Crippen LogP contribution in [0.4, 0.5) is 0 Å². The van der Waals surface area contributed by atoms with Crippen LogP contribution in [0, 0.1) is 11.3 Å². The Labute approximate surface area is 96.0 Å². The summed E-state index contributed by atoms with van der Waals surface area (Å²) >= 11 is 0. The number of ketones is 1. The summed E-state index contributed by atoms with van der Waals surface area (Å²) in [6.45, 7) is 8.59. The molecule has 1 atom stereocenters. The average Bonchev–Trinajstić information content (AvgIpc) is 2.38. The van der Waals surface area contributed by atoms with Gasteiger partial charge in [-0.3, -0.25) is 19.3 Å². The standard InChI is InChI=1S/C12H19NO3/c1-6-8(14)13-9(7(2)3)10(15)12(4,5)11(13)16/h7,9H,6H2,1-5H3/t9-/m0/s1. The van der Waals surface area contributed by atoms with Crippen LogP contribution in [0.1, 0.15) is 41.0 Å². The average molecular weight is 225 g/mol.